The van der Waals surface area contributed by atoms with Crippen molar-refractivity contribution in [3.63, 3.8) is 0 Å². The summed E-state index contributed by atoms with van der Waals surface area (Å²) in [7, 11) is 0. The average Bonchev–Trinajstić information content (AvgIpc) is 2.27. The van der Waals surface area contributed by atoms with E-state index in [0.717, 1.165) is 23.8 Å². The lowest BCUT2D eigenvalue weighted by Gasteiger charge is -2.31. The Kier molecular flexibility index (Phi) is 7.97. The molecule has 1 saturated carbocycles. The Morgan fingerprint density at radius 2 is 1.78 bits per heavy atom. The molecule has 1 nitrogen and oxygen atoms in total. The highest BCUT2D eigenvalue weighted by Gasteiger charge is 2.21. The molecule has 18 heavy (non-hydrogen) atoms. The third kappa shape index (κ3) is 7.41. The minimum absolute atomic E-state index is 0.821. The van der Waals surface area contributed by atoms with Crippen molar-refractivity contribution in [2.24, 2.45) is 17.8 Å². The minimum atomic E-state index is 0.821. The Bertz CT molecular complexity index is 198. The third-order valence-corrected chi connectivity index (χ3v) is 4.23. The van der Waals surface area contributed by atoms with E-state index in [4.69, 9.17) is 0 Å². The highest BCUT2D eigenvalue weighted by molar-refractivity contribution is 4.78. The van der Waals surface area contributed by atoms with E-state index >= 15 is 0 Å². The maximum absolute atomic E-state index is 3.80. The highest BCUT2D eigenvalue weighted by atomic mass is 14.9. The molecule has 1 fully saturated rings. The fourth-order valence-corrected chi connectivity index (χ4v) is 3.34. The van der Waals surface area contributed by atoms with Crippen molar-refractivity contribution in [1.29, 1.82) is 0 Å². The smallest absolute Gasteiger partial charge is 0.00697 e. The van der Waals surface area contributed by atoms with Crippen LogP contribution in [-0.2, 0) is 0 Å². The molecule has 0 heterocycles. The van der Waals surface area contributed by atoms with E-state index in [2.05, 4.69) is 33.0 Å². The van der Waals surface area contributed by atoms with Crippen molar-refractivity contribution >= 4 is 0 Å². The summed E-state index contributed by atoms with van der Waals surface area (Å²) in [6.07, 6.45) is 11.4. The van der Waals surface area contributed by atoms with E-state index in [0.29, 0.717) is 0 Å². The summed E-state index contributed by atoms with van der Waals surface area (Å²) < 4.78 is 0. The van der Waals surface area contributed by atoms with Crippen LogP contribution in [0.15, 0.2) is 0 Å². The summed E-state index contributed by atoms with van der Waals surface area (Å²) in [6, 6.07) is 0.821. The molecule has 0 bridgehead atoms. The molecule has 108 valence electrons. The first-order chi connectivity index (χ1) is 8.58. The molecule has 2 atom stereocenters. The Labute approximate surface area is 115 Å². The van der Waals surface area contributed by atoms with E-state index < -0.39 is 0 Å². The van der Waals surface area contributed by atoms with Crippen molar-refractivity contribution in [1.82, 2.24) is 5.32 Å². The molecule has 1 heteroatoms. The molecule has 0 aromatic rings. The van der Waals surface area contributed by atoms with Crippen molar-refractivity contribution in [2.75, 3.05) is 6.54 Å². The number of hydrogen-bond donors (Lipinski definition) is 1. The quantitative estimate of drug-likeness (QED) is 0.600. The van der Waals surface area contributed by atoms with Gasteiger partial charge in [0.1, 0.15) is 0 Å². The second kappa shape index (κ2) is 8.96. The molecule has 1 N–H and O–H groups in total. The van der Waals surface area contributed by atoms with Gasteiger partial charge in [0.15, 0.2) is 0 Å². The lowest BCUT2D eigenvalue weighted by molar-refractivity contribution is 0.252. The first-order valence-corrected chi connectivity index (χ1v) is 8.31. The van der Waals surface area contributed by atoms with Crippen LogP contribution in [0, 0.1) is 17.8 Å². The van der Waals surface area contributed by atoms with Crippen LogP contribution in [0.2, 0.25) is 0 Å². The average molecular weight is 253 g/mol. The summed E-state index contributed by atoms with van der Waals surface area (Å²) in [5, 5.41) is 3.80. The van der Waals surface area contributed by atoms with E-state index in [1.54, 1.807) is 0 Å². The molecule has 0 aromatic heterocycles. The minimum Gasteiger partial charge on any atom is -0.314 e. The van der Waals surface area contributed by atoms with Crippen LogP contribution in [-0.4, -0.2) is 12.6 Å². The fourth-order valence-electron chi connectivity index (χ4n) is 3.34. The molecule has 0 aromatic carbocycles. The molecule has 0 aliphatic heterocycles. The van der Waals surface area contributed by atoms with Gasteiger partial charge in [-0.25, -0.2) is 0 Å². The van der Waals surface area contributed by atoms with Crippen LogP contribution < -0.4 is 5.32 Å². The van der Waals surface area contributed by atoms with Crippen molar-refractivity contribution in [3.05, 3.63) is 0 Å². The Morgan fingerprint density at radius 1 is 1.00 bits per heavy atom. The predicted molar refractivity (Wildman–Crippen MR) is 81.9 cm³/mol. The van der Waals surface area contributed by atoms with Gasteiger partial charge in [-0.2, -0.15) is 0 Å². The highest BCUT2D eigenvalue weighted by Crippen LogP contribution is 2.29. The van der Waals surface area contributed by atoms with Crippen molar-refractivity contribution < 1.29 is 0 Å². The first-order valence-electron chi connectivity index (χ1n) is 8.31. The Balaban J connectivity index is 2.07. The number of nitrogens with one attached hydrogen (secondary N) is 1. The van der Waals surface area contributed by atoms with Gasteiger partial charge in [0.2, 0.25) is 0 Å². The van der Waals surface area contributed by atoms with E-state index in [1.807, 2.05) is 0 Å². The summed E-state index contributed by atoms with van der Waals surface area (Å²) >= 11 is 0. The molecular weight excluding hydrogens is 218 g/mol. The maximum Gasteiger partial charge on any atom is 0.00697 e. The maximum atomic E-state index is 3.80. The van der Waals surface area contributed by atoms with Crippen LogP contribution in [0.5, 0.6) is 0 Å². The Morgan fingerprint density at radius 3 is 2.44 bits per heavy atom. The monoisotopic (exact) mass is 253 g/mol. The SMILES string of the molecule is CC(C)CCCCNC1CCCC(CC(C)C)C1. The molecular formula is C17H35N. The molecule has 0 amide bonds. The molecule has 2 unspecified atom stereocenters. The van der Waals surface area contributed by atoms with Gasteiger partial charge >= 0.3 is 0 Å². The van der Waals surface area contributed by atoms with Crippen LogP contribution >= 0.6 is 0 Å². The molecule has 1 aliphatic rings. The van der Waals surface area contributed by atoms with Crippen molar-refractivity contribution in [3.8, 4) is 0 Å². The van der Waals surface area contributed by atoms with Crippen LogP contribution in [0.1, 0.15) is 79.1 Å². The molecule has 1 aliphatic carbocycles. The lowest BCUT2D eigenvalue weighted by Crippen LogP contribution is -2.35. The summed E-state index contributed by atoms with van der Waals surface area (Å²) in [5.41, 5.74) is 0. The van der Waals surface area contributed by atoms with Gasteiger partial charge in [0, 0.05) is 6.04 Å². The fraction of sp³-hybridized carbons (Fsp3) is 1.00. The number of rotatable bonds is 8. The van der Waals surface area contributed by atoms with E-state index in [-0.39, 0.29) is 0 Å². The van der Waals surface area contributed by atoms with E-state index in [9.17, 15) is 0 Å². The van der Waals surface area contributed by atoms with Gasteiger partial charge in [0.05, 0.1) is 0 Å². The van der Waals surface area contributed by atoms with E-state index in [1.165, 1.54) is 57.9 Å². The van der Waals surface area contributed by atoms with Crippen LogP contribution in [0.25, 0.3) is 0 Å². The topological polar surface area (TPSA) is 12.0 Å². The standard InChI is InChI=1S/C17H35N/c1-14(2)8-5-6-11-18-17-10-7-9-16(13-17)12-15(3)4/h14-18H,5-13H2,1-4H3. The molecule has 0 radical (unpaired) electrons. The molecule has 1 rings (SSSR count). The predicted octanol–water partition coefficient (Wildman–Crippen LogP) is 5.01. The van der Waals surface area contributed by atoms with Crippen molar-refractivity contribution in [2.45, 2.75) is 85.1 Å². The first kappa shape index (κ1) is 16.0. The van der Waals surface area contributed by atoms with Crippen LogP contribution in [0.3, 0.4) is 0 Å². The largest absolute Gasteiger partial charge is 0.314 e. The summed E-state index contributed by atoms with van der Waals surface area (Å²) in [4.78, 5) is 0. The summed E-state index contributed by atoms with van der Waals surface area (Å²) in [5.74, 6) is 2.74. The normalized spacial score (nSPS) is 25.0. The zero-order chi connectivity index (χ0) is 13.4. The van der Waals surface area contributed by atoms with Gasteiger partial charge in [-0.3, -0.25) is 0 Å². The zero-order valence-corrected chi connectivity index (χ0v) is 13.2. The van der Waals surface area contributed by atoms with Gasteiger partial charge < -0.3 is 5.32 Å². The Hall–Kier alpha value is -0.0400. The lowest BCUT2D eigenvalue weighted by atomic mass is 9.81. The second-order valence-electron chi connectivity index (χ2n) is 7.20. The number of unbranched alkanes of at least 4 members (excludes halogenated alkanes) is 1. The molecule has 0 saturated heterocycles. The van der Waals surface area contributed by atoms with Gasteiger partial charge in [-0.1, -0.05) is 53.4 Å². The summed E-state index contributed by atoms with van der Waals surface area (Å²) in [6.45, 7) is 10.6. The van der Waals surface area contributed by atoms with Crippen LogP contribution in [0.4, 0.5) is 0 Å². The second-order valence-corrected chi connectivity index (χ2v) is 7.20. The molecule has 0 spiro atoms. The third-order valence-electron chi connectivity index (χ3n) is 4.23. The van der Waals surface area contributed by atoms with Gasteiger partial charge in [-0.15, -0.1) is 0 Å². The van der Waals surface area contributed by atoms with Gasteiger partial charge in [-0.05, 0) is 50.0 Å². The van der Waals surface area contributed by atoms with Gasteiger partial charge in [0.25, 0.3) is 0 Å². The zero-order valence-electron chi connectivity index (χ0n) is 13.2. The number of hydrogen-bond acceptors (Lipinski definition) is 1.